The van der Waals surface area contributed by atoms with E-state index in [9.17, 15) is 0 Å². The molecule has 2 aromatic rings. The van der Waals surface area contributed by atoms with Gasteiger partial charge < -0.3 is 15.8 Å². The molecule has 0 spiro atoms. The first-order valence-electron chi connectivity index (χ1n) is 5.87. The van der Waals surface area contributed by atoms with E-state index in [1.165, 1.54) is 0 Å². The molecule has 6 heteroatoms. The number of benzene rings is 1. The Balaban J connectivity index is 2.10. The lowest BCUT2D eigenvalue weighted by Crippen LogP contribution is -2.05. The van der Waals surface area contributed by atoms with Gasteiger partial charge in [0.05, 0.1) is 6.10 Å². The number of hydrogen-bond acceptors (Lipinski definition) is 5. The van der Waals surface area contributed by atoms with Crippen LogP contribution in [0.15, 0.2) is 30.3 Å². The Kier molecular flexibility index (Phi) is 4.06. The van der Waals surface area contributed by atoms with Crippen LogP contribution in [0.2, 0.25) is 5.15 Å². The summed E-state index contributed by atoms with van der Waals surface area (Å²) in [5.41, 5.74) is 6.39. The van der Waals surface area contributed by atoms with Gasteiger partial charge in [-0.15, -0.1) is 0 Å². The van der Waals surface area contributed by atoms with Crippen LogP contribution in [0.25, 0.3) is 0 Å². The predicted octanol–water partition coefficient (Wildman–Crippen LogP) is 3.24. The molecule has 1 aromatic carbocycles. The van der Waals surface area contributed by atoms with Crippen molar-refractivity contribution >= 4 is 29.1 Å². The summed E-state index contributed by atoms with van der Waals surface area (Å²) in [5, 5.41) is 3.40. The maximum Gasteiger partial charge on any atom is 0.223 e. The lowest BCUT2D eigenvalue weighted by atomic mass is 10.3. The molecule has 100 valence electrons. The molecule has 2 rings (SSSR count). The van der Waals surface area contributed by atoms with E-state index in [0.29, 0.717) is 11.0 Å². The van der Waals surface area contributed by atoms with Crippen LogP contribution >= 0.6 is 11.6 Å². The number of anilines is 3. The zero-order chi connectivity index (χ0) is 13.8. The quantitative estimate of drug-likeness (QED) is 0.840. The SMILES string of the molecule is CC(C)Oc1ccc(Nc2cc(Cl)nc(N)n2)cc1. The molecule has 0 atom stereocenters. The zero-order valence-electron chi connectivity index (χ0n) is 10.7. The Hall–Kier alpha value is -2.01. The third kappa shape index (κ3) is 3.99. The number of aromatic nitrogens is 2. The van der Waals surface area contributed by atoms with Crippen molar-refractivity contribution in [2.75, 3.05) is 11.1 Å². The highest BCUT2D eigenvalue weighted by Crippen LogP contribution is 2.21. The first kappa shape index (κ1) is 13.4. The smallest absolute Gasteiger partial charge is 0.223 e. The molecule has 0 aliphatic heterocycles. The van der Waals surface area contributed by atoms with E-state index >= 15 is 0 Å². The van der Waals surface area contributed by atoms with E-state index < -0.39 is 0 Å². The highest BCUT2D eigenvalue weighted by molar-refractivity contribution is 6.29. The number of hydrogen-bond donors (Lipinski definition) is 2. The molecule has 1 heterocycles. The third-order valence-corrected chi connectivity index (χ3v) is 2.40. The molecule has 0 amide bonds. The summed E-state index contributed by atoms with van der Waals surface area (Å²) < 4.78 is 5.56. The Morgan fingerprint density at radius 1 is 1.21 bits per heavy atom. The van der Waals surface area contributed by atoms with E-state index in [0.717, 1.165) is 11.4 Å². The minimum absolute atomic E-state index is 0.134. The summed E-state index contributed by atoms with van der Waals surface area (Å²) >= 11 is 5.81. The van der Waals surface area contributed by atoms with Gasteiger partial charge in [-0.2, -0.15) is 4.98 Å². The van der Waals surface area contributed by atoms with Crippen LogP contribution in [-0.4, -0.2) is 16.1 Å². The van der Waals surface area contributed by atoms with Gasteiger partial charge in [-0.05, 0) is 38.1 Å². The van der Waals surface area contributed by atoms with Gasteiger partial charge in [0, 0.05) is 11.8 Å². The molecule has 1 aromatic heterocycles. The van der Waals surface area contributed by atoms with Gasteiger partial charge in [-0.1, -0.05) is 11.6 Å². The van der Waals surface area contributed by atoms with Crippen molar-refractivity contribution in [2.45, 2.75) is 20.0 Å². The number of nitrogens with two attached hydrogens (primary N) is 1. The standard InChI is InChI=1S/C13H15ClN4O/c1-8(2)19-10-5-3-9(4-6-10)16-12-7-11(14)17-13(15)18-12/h3-8H,1-2H3,(H3,15,16,17,18). The molecule has 0 fully saturated rings. The number of ether oxygens (including phenoxy) is 1. The lowest BCUT2D eigenvalue weighted by molar-refractivity contribution is 0.242. The van der Waals surface area contributed by atoms with Crippen LogP contribution in [0.5, 0.6) is 5.75 Å². The topological polar surface area (TPSA) is 73.1 Å². The maximum absolute atomic E-state index is 5.81. The van der Waals surface area contributed by atoms with Crippen LogP contribution in [0.3, 0.4) is 0 Å². The number of nitrogens with one attached hydrogen (secondary N) is 1. The van der Waals surface area contributed by atoms with Crippen molar-refractivity contribution < 1.29 is 4.74 Å². The Bertz CT molecular complexity index is 537. The largest absolute Gasteiger partial charge is 0.491 e. The van der Waals surface area contributed by atoms with Crippen LogP contribution in [-0.2, 0) is 0 Å². The molecule has 0 aliphatic carbocycles. The second-order valence-corrected chi connectivity index (χ2v) is 4.64. The summed E-state index contributed by atoms with van der Waals surface area (Å²) in [6, 6.07) is 9.16. The van der Waals surface area contributed by atoms with Gasteiger partial charge in [0.1, 0.15) is 16.7 Å². The van der Waals surface area contributed by atoms with E-state index in [4.69, 9.17) is 22.1 Å². The van der Waals surface area contributed by atoms with E-state index in [-0.39, 0.29) is 12.1 Å². The molecular weight excluding hydrogens is 264 g/mol. The summed E-state index contributed by atoms with van der Waals surface area (Å²) in [4.78, 5) is 7.83. The van der Waals surface area contributed by atoms with Gasteiger partial charge >= 0.3 is 0 Å². The van der Waals surface area contributed by atoms with Crippen molar-refractivity contribution in [3.8, 4) is 5.75 Å². The molecule has 0 aliphatic rings. The maximum atomic E-state index is 5.81. The fraction of sp³-hybridized carbons (Fsp3) is 0.231. The Morgan fingerprint density at radius 3 is 2.47 bits per heavy atom. The molecule has 0 bridgehead atoms. The minimum atomic E-state index is 0.134. The second-order valence-electron chi connectivity index (χ2n) is 4.25. The molecule has 0 saturated carbocycles. The van der Waals surface area contributed by atoms with Crippen LogP contribution in [0.1, 0.15) is 13.8 Å². The van der Waals surface area contributed by atoms with Crippen molar-refractivity contribution in [1.29, 1.82) is 0 Å². The molecule has 0 unspecified atom stereocenters. The first-order chi connectivity index (χ1) is 9.02. The summed E-state index contributed by atoms with van der Waals surface area (Å²) in [6.07, 6.45) is 0.152. The Morgan fingerprint density at radius 2 is 1.89 bits per heavy atom. The normalized spacial score (nSPS) is 10.5. The van der Waals surface area contributed by atoms with Gasteiger partial charge in [0.25, 0.3) is 0 Å². The molecule has 5 nitrogen and oxygen atoms in total. The fourth-order valence-corrected chi connectivity index (χ4v) is 1.73. The van der Waals surface area contributed by atoms with Gasteiger partial charge in [-0.25, -0.2) is 4.98 Å². The van der Waals surface area contributed by atoms with Crippen LogP contribution in [0.4, 0.5) is 17.5 Å². The summed E-state index contributed by atoms with van der Waals surface area (Å²) in [7, 11) is 0. The second kappa shape index (κ2) is 5.75. The number of nitrogens with zero attached hydrogens (tertiary/aromatic N) is 2. The lowest BCUT2D eigenvalue weighted by Gasteiger charge is -2.11. The molecular formula is C13H15ClN4O. The summed E-state index contributed by atoms with van der Waals surface area (Å²) in [5.74, 6) is 1.51. The van der Waals surface area contributed by atoms with Crippen molar-refractivity contribution in [3.05, 3.63) is 35.5 Å². The third-order valence-electron chi connectivity index (χ3n) is 2.21. The average molecular weight is 279 g/mol. The molecule has 0 radical (unpaired) electrons. The monoisotopic (exact) mass is 278 g/mol. The van der Waals surface area contributed by atoms with Gasteiger partial charge in [-0.3, -0.25) is 0 Å². The fourth-order valence-electron chi connectivity index (χ4n) is 1.54. The first-order valence-corrected chi connectivity index (χ1v) is 6.24. The van der Waals surface area contributed by atoms with Crippen molar-refractivity contribution in [2.24, 2.45) is 0 Å². The van der Waals surface area contributed by atoms with E-state index in [2.05, 4.69) is 15.3 Å². The van der Waals surface area contributed by atoms with Crippen LogP contribution < -0.4 is 15.8 Å². The highest BCUT2D eigenvalue weighted by Gasteiger charge is 2.02. The Labute approximate surface area is 116 Å². The molecule has 0 saturated heterocycles. The van der Waals surface area contributed by atoms with Crippen molar-refractivity contribution in [1.82, 2.24) is 9.97 Å². The van der Waals surface area contributed by atoms with Gasteiger partial charge in [0.15, 0.2) is 0 Å². The zero-order valence-corrected chi connectivity index (χ0v) is 11.5. The molecule has 3 N–H and O–H groups in total. The predicted molar refractivity (Wildman–Crippen MR) is 76.9 cm³/mol. The highest BCUT2D eigenvalue weighted by atomic mass is 35.5. The average Bonchev–Trinajstić information content (AvgIpc) is 2.29. The summed E-state index contributed by atoms with van der Waals surface area (Å²) in [6.45, 7) is 3.97. The number of halogens is 1. The van der Waals surface area contributed by atoms with Crippen LogP contribution in [0, 0.1) is 0 Å². The number of nitrogen functional groups attached to an aromatic ring is 1. The van der Waals surface area contributed by atoms with E-state index in [1.54, 1.807) is 6.07 Å². The van der Waals surface area contributed by atoms with Crippen molar-refractivity contribution in [3.63, 3.8) is 0 Å². The minimum Gasteiger partial charge on any atom is -0.491 e. The molecule has 19 heavy (non-hydrogen) atoms. The van der Waals surface area contributed by atoms with E-state index in [1.807, 2.05) is 38.1 Å². The van der Waals surface area contributed by atoms with Gasteiger partial charge in [0.2, 0.25) is 5.95 Å². The number of rotatable bonds is 4.